The van der Waals surface area contributed by atoms with Crippen molar-refractivity contribution in [1.29, 1.82) is 0 Å². The van der Waals surface area contributed by atoms with Gasteiger partial charge in [-0.25, -0.2) is 0 Å². The van der Waals surface area contributed by atoms with E-state index in [1.165, 1.54) is 0 Å². The molecule has 5 heteroatoms. The number of aryl methyl sites for hydroxylation is 1. The van der Waals surface area contributed by atoms with E-state index < -0.39 is 0 Å². The molecule has 1 heterocycles. The summed E-state index contributed by atoms with van der Waals surface area (Å²) in [7, 11) is 0. The van der Waals surface area contributed by atoms with Crippen LogP contribution in [-0.2, 0) is 6.42 Å². The molecule has 19 heavy (non-hydrogen) atoms. The fourth-order valence-corrected chi connectivity index (χ4v) is 2.68. The Kier molecular flexibility index (Phi) is 5.16. The Bertz CT molecular complexity index is 528. The number of alkyl halides is 1. The number of ether oxygens (including phenoxy) is 1. The van der Waals surface area contributed by atoms with E-state index in [2.05, 4.69) is 10.2 Å². The van der Waals surface area contributed by atoms with E-state index in [-0.39, 0.29) is 6.10 Å². The number of hydrogen-bond acceptors (Lipinski definition) is 4. The first kappa shape index (κ1) is 14.3. The molecule has 1 aromatic heterocycles. The minimum absolute atomic E-state index is 0.170. The minimum Gasteiger partial charge on any atom is -0.491 e. The van der Waals surface area contributed by atoms with Crippen LogP contribution >= 0.6 is 22.9 Å². The summed E-state index contributed by atoms with van der Waals surface area (Å²) < 4.78 is 5.69. The number of halogens is 1. The molecule has 0 amide bonds. The Morgan fingerprint density at radius 2 is 2.16 bits per heavy atom. The van der Waals surface area contributed by atoms with Crippen molar-refractivity contribution >= 4 is 22.9 Å². The SMILES string of the molecule is CC(C)Oc1cccc(-c2nnc(CCCCl)s2)c1. The van der Waals surface area contributed by atoms with Gasteiger partial charge in [0.15, 0.2) is 0 Å². The first-order valence-corrected chi connectivity index (χ1v) is 7.69. The summed E-state index contributed by atoms with van der Waals surface area (Å²) >= 11 is 7.30. The van der Waals surface area contributed by atoms with Crippen LogP contribution in [0, 0.1) is 0 Å². The molecule has 2 aromatic rings. The average molecular weight is 297 g/mol. The molecule has 0 N–H and O–H groups in total. The molecule has 0 spiro atoms. The van der Waals surface area contributed by atoms with Gasteiger partial charge in [-0.2, -0.15) is 0 Å². The van der Waals surface area contributed by atoms with Gasteiger partial charge in [0, 0.05) is 17.9 Å². The zero-order valence-electron chi connectivity index (χ0n) is 11.1. The molecule has 0 saturated carbocycles. The zero-order chi connectivity index (χ0) is 13.7. The van der Waals surface area contributed by atoms with E-state index in [1.54, 1.807) is 11.3 Å². The lowest BCUT2D eigenvalue weighted by Crippen LogP contribution is -2.05. The number of rotatable bonds is 6. The van der Waals surface area contributed by atoms with Crippen LogP contribution in [0.3, 0.4) is 0 Å². The first-order chi connectivity index (χ1) is 9.19. The van der Waals surface area contributed by atoms with Crippen LogP contribution in [0.2, 0.25) is 0 Å². The van der Waals surface area contributed by atoms with E-state index in [0.717, 1.165) is 34.2 Å². The van der Waals surface area contributed by atoms with Crippen molar-refractivity contribution in [1.82, 2.24) is 10.2 Å². The lowest BCUT2D eigenvalue weighted by Gasteiger charge is -2.09. The molecule has 1 aromatic carbocycles. The number of hydrogen-bond donors (Lipinski definition) is 0. The Hall–Kier alpha value is -1.13. The molecule has 0 radical (unpaired) electrons. The van der Waals surface area contributed by atoms with Crippen LogP contribution in [0.25, 0.3) is 10.6 Å². The standard InChI is InChI=1S/C14H17ClN2OS/c1-10(2)18-12-6-3-5-11(9-12)14-17-16-13(19-14)7-4-8-15/h3,5-6,9-10H,4,7-8H2,1-2H3. The number of benzene rings is 1. The summed E-state index contributed by atoms with van der Waals surface area (Å²) in [6.45, 7) is 4.03. The van der Waals surface area contributed by atoms with Crippen LogP contribution in [0.15, 0.2) is 24.3 Å². The van der Waals surface area contributed by atoms with Gasteiger partial charge < -0.3 is 4.74 Å². The predicted molar refractivity (Wildman–Crippen MR) is 80.2 cm³/mol. The second-order valence-electron chi connectivity index (χ2n) is 4.49. The third-order valence-electron chi connectivity index (χ3n) is 2.44. The second kappa shape index (κ2) is 6.87. The number of aromatic nitrogens is 2. The third-order valence-corrected chi connectivity index (χ3v) is 3.74. The molecule has 0 atom stereocenters. The average Bonchev–Trinajstić information content (AvgIpc) is 2.84. The van der Waals surface area contributed by atoms with Gasteiger partial charge in [0.2, 0.25) is 0 Å². The third kappa shape index (κ3) is 4.18. The van der Waals surface area contributed by atoms with Crippen LogP contribution in [0.4, 0.5) is 0 Å². The molecular weight excluding hydrogens is 280 g/mol. The van der Waals surface area contributed by atoms with Crippen molar-refractivity contribution in [3.8, 4) is 16.3 Å². The molecule has 102 valence electrons. The molecule has 3 nitrogen and oxygen atoms in total. The largest absolute Gasteiger partial charge is 0.491 e. The van der Waals surface area contributed by atoms with Crippen LogP contribution in [0.5, 0.6) is 5.75 Å². The topological polar surface area (TPSA) is 35.0 Å². The zero-order valence-corrected chi connectivity index (χ0v) is 12.7. The van der Waals surface area contributed by atoms with Crippen molar-refractivity contribution in [3.05, 3.63) is 29.3 Å². The van der Waals surface area contributed by atoms with Crippen LogP contribution in [0.1, 0.15) is 25.3 Å². The molecular formula is C14H17ClN2OS. The normalized spacial score (nSPS) is 10.9. The quantitative estimate of drug-likeness (QED) is 0.751. The molecule has 0 bridgehead atoms. The maximum atomic E-state index is 5.69. The van der Waals surface area contributed by atoms with Gasteiger partial charge >= 0.3 is 0 Å². The summed E-state index contributed by atoms with van der Waals surface area (Å²) in [5.74, 6) is 1.53. The van der Waals surface area contributed by atoms with Gasteiger partial charge in [-0.1, -0.05) is 23.5 Å². The lowest BCUT2D eigenvalue weighted by atomic mass is 10.2. The molecule has 2 rings (SSSR count). The number of nitrogens with zero attached hydrogens (tertiary/aromatic N) is 2. The molecule has 0 aliphatic rings. The summed E-state index contributed by atoms with van der Waals surface area (Å²) in [6.07, 6.45) is 2.00. The van der Waals surface area contributed by atoms with Gasteiger partial charge in [-0.05, 0) is 32.4 Å². The Morgan fingerprint density at radius 3 is 2.89 bits per heavy atom. The molecule has 0 unspecified atom stereocenters. The molecule has 0 aliphatic heterocycles. The highest BCUT2D eigenvalue weighted by molar-refractivity contribution is 7.14. The van der Waals surface area contributed by atoms with Gasteiger partial charge in [-0.3, -0.25) is 0 Å². The second-order valence-corrected chi connectivity index (χ2v) is 5.93. The van der Waals surface area contributed by atoms with Crippen LogP contribution in [-0.4, -0.2) is 22.2 Å². The van der Waals surface area contributed by atoms with Crippen molar-refractivity contribution in [2.45, 2.75) is 32.8 Å². The van der Waals surface area contributed by atoms with Gasteiger partial charge in [0.05, 0.1) is 6.10 Å². The predicted octanol–water partition coefficient (Wildman–Crippen LogP) is 4.16. The highest BCUT2D eigenvalue weighted by atomic mass is 35.5. The molecule has 0 aliphatic carbocycles. The Balaban J connectivity index is 2.14. The van der Waals surface area contributed by atoms with E-state index in [0.29, 0.717) is 5.88 Å². The van der Waals surface area contributed by atoms with Crippen LogP contribution < -0.4 is 4.74 Å². The highest BCUT2D eigenvalue weighted by Gasteiger charge is 2.08. The summed E-state index contributed by atoms with van der Waals surface area (Å²) in [4.78, 5) is 0. The molecule has 0 fully saturated rings. The van der Waals surface area contributed by atoms with E-state index >= 15 is 0 Å². The van der Waals surface area contributed by atoms with Crippen molar-refractivity contribution in [2.75, 3.05) is 5.88 Å². The lowest BCUT2D eigenvalue weighted by molar-refractivity contribution is 0.242. The van der Waals surface area contributed by atoms with Gasteiger partial charge in [0.25, 0.3) is 0 Å². The van der Waals surface area contributed by atoms with Crippen molar-refractivity contribution in [3.63, 3.8) is 0 Å². The summed E-state index contributed by atoms with van der Waals surface area (Å²) in [5, 5.41) is 10.4. The van der Waals surface area contributed by atoms with Gasteiger partial charge in [0.1, 0.15) is 15.8 Å². The maximum absolute atomic E-state index is 5.69. The highest BCUT2D eigenvalue weighted by Crippen LogP contribution is 2.27. The van der Waals surface area contributed by atoms with E-state index in [9.17, 15) is 0 Å². The smallest absolute Gasteiger partial charge is 0.147 e. The van der Waals surface area contributed by atoms with E-state index in [4.69, 9.17) is 16.3 Å². The summed E-state index contributed by atoms with van der Waals surface area (Å²) in [5.41, 5.74) is 1.05. The monoisotopic (exact) mass is 296 g/mol. The van der Waals surface area contributed by atoms with Crippen molar-refractivity contribution in [2.24, 2.45) is 0 Å². The fourth-order valence-electron chi connectivity index (χ4n) is 1.66. The van der Waals surface area contributed by atoms with Gasteiger partial charge in [-0.15, -0.1) is 21.8 Å². The Labute approximate surface area is 122 Å². The maximum Gasteiger partial charge on any atom is 0.147 e. The van der Waals surface area contributed by atoms with E-state index in [1.807, 2.05) is 38.1 Å². The fraction of sp³-hybridized carbons (Fsp3) is 0.429. The van der Waals surface area contributed by atoms with Crippen molar-refractivity contribution < 1.29 is 4.74 Å². The first-order valence-electron chi connectivity index (χ1n) is 6.34. The Morgan fingerprint density at radius 1 is 1.32 bits per heavy atom. The minimum atomic E-state index is 0.170. The molecule has 0 saturated heterocycles. The summed E-state index contributed by atoms with van der Waals surface area (Å²) in [6, 6.07) is 7.97.